The summed E-state index contributed by atoms with van der Waals surface area (Å²) in [7, 11) is 0. The molecule has 0 radical (unpaired) electrons. The smallest absolute Gasteiger partial charge is 0.262 e. The van der Waals surface area contributed by atoms with E-state index in [2.05, 4.69) is 31.4 Å². The lowest BCUT2D eigenvalue weighted by Gasteiger charge is -2.22. The van der Waals surface area contributed by atoms with Crippen LogP contribution in [0, 0.1) is 0 Å². The van der Waals surface area contributed by atoms with Gasteiger partial charge >= 0.3 is 0 Å². The van der Waals surface area contributed by atoms with Crippen LogP contribution in [0.15, 0.2) is 48.5 Å². The number of carbonyl (C=O) groups excluding carboxylic acids is 2. The van der Waals surface area contributed by atoms with Crippen LogP contribution >= 0.6 is 0 Å². The zero-order valence-corrected chi connectivity index (χ0v) is 17.9. The molecular formula is C24H30N2O4. The van der Waals surface area contributed by atoms with Gasteiger partial charge in [-0.3, -0.25) is 9.59 Å². The molecule has 1 aliphatic heterocycles. The predicted octanol–water partition coefficient (Wildman–Crippen LogP) is 3.91. The maximum absolute atomic E-state index is 12.6. The van der Waals surface area contributed by atoms with E-state index in [0.717, 1.165) is 25.0 Å². The molecule has 2 aromatic rings. The Morgan fingerprint density at radius 3 is 2.57 bits per heavy atom. The first-order valence-electron chi connectivity index (χ1n) is 10.4. The Kier molecular flexibility index (Phi) is 7.11. The van der Waals surface area contributed by atoms with Crippen molar-refractivity contribution >= 4 is 17.5 Å². The summed E-state index contributed by atoms with van der Waals surface area (Å²) in [5, 5.41) is 5.68. The van der Waals surface area contributed by atoms with E-state index in [1.54, 1.807) is 24.3 Å². The number of hydrogen-bond donors (Lipinski definition) is 2. The number of rotatable bonds is 7. The number of hydrogen-bond acceptors (Lipinski definition) is 4. The van der Waals surface area contributed by atoms with E-state index in [1.165, 1.54) is 0 Å². The van der Waals surface area contributed by atoms with Gasteiger partial charge in [-0.15, -0.1) is 0 Å². The summed E-state index contributed by atoms with van der Waals surface area (Å²) in [6.07, 6.45) is 2.03. The van der Waals surface area contributed by atoms with Gasteiger partial charge in [0.1, 0.15) is 5.75 Å². The lowest BCUT2D eigenvalue weighted by molar-refractivity contribution is -0.118. The average Bonchev–Trinajstić information content (AvgIpc) is 3.24. The highest BCUT2D eigenvalue weighted by Gasteiger charge is 2.20. The number of anilines is 1. The van der Waals surface area contributed by atoms with E-state index in [9.17, 15) is 9.59 Å². The Morgan fingerprint density at radius 1 is 1.10 bits per heavy atom. The topological polar surface area (TPSA) is 76.7 Å². The molecule has 2 amide bonds. The number of para-hydroxylation sites is 2. The van der Waals surface area contributed by atoms with Crippen molar-refractivity contribution in [2.75, 3.05) is 25.1 Å². The molecule has 3 rings (SSSR count). The van der Waals surface area contributed by atoms with Crippen molar-refractivity contribution in [2.24, 2.45) is 0 Å². The van der Waals surface area contributed by atoms with Gasteiger partial charge in [0.15, 0.2) is 6.61 Å². The van der Waals surface area contributed by atoms with Crippen LogP contribution in [0.4, 0.5) is 5.69 Å². The van der Waals surface area contributed by atoms with Crippen LogP contribution in [0.2, 0.25) is 0 Å². The lowest BCUT2D eigenvalue weighted by Crippen LogP contribution is -2.32. The van der Waals surface area contributed by atoms with Crippen molar-refractivity contribution in [1.29, 1.82) is 0 Å². The van der Waals surface area contributed by atoms with Gasteiger partial charge < -0.3 is 20.1 Å². The zero-order valence-electron chi connectivity index (χ0n) is 17.9. The summed E-state index contributed by atoms with van der Waals surface area (Å²) in [5.74, 6) is 0.126. The molecule has 2 aromatic carbocycles. The number of nitrogens with one attached hydrogen (secondary N) is 2. The second-order valence-electron chi connectivity index (χ2n) is 8.47. The highest BCUT2D eigenvalue weighted by atomic mass is 16.5. The highest BCUT2D eigenvalue weighted by Crippen LogP contribution is 2.30. The number of carbonyl (C=O) groups is 2. The maximum Gasteiger partial charge on any atom is 0.262 e. The third kappa shape index (κ3) is 5.83. The van der Waals surface area contributed by atoms with Gasteiger partial charge in [-0.05, 0) is 42.0 Å². The summed E-state index contributed by atoms with van der Waals surface area (Å²) < 4.78 is 11.3. The molecule has 2 N–H and O–H groups in total. The Hall–Kier alpha value is -2.86. The molecule has 0 spiro atoms. The van der Waals surface area contributed by atoms with Crippen molar-refractivity contribution in [3.05, 3.63) is 59.7 Å². The molecule has 0 unspecified atom stereocenters. The fourth-order valence-corrected chi connectivity index (χ4v) is 3.44. The molecule has 6 nitrogen and oxygen atoms in total. The SMILES string of the molecule is CC(C)(C)c1ccccc1OCC(=O)Nc1ccccc1C(=O)NC[C@@H]1CCCO1. The molecule has 6 heteroatoms. The Bertz CT molecular complexity index is 883. The van der Waals surface area contributed by atoms with Crippen LogP contribution in [0.25, 0.3) is 0 Å². The Balaban J connectivity index is 1.60. The summed E-state index contributed by atoms with van der Waals surface area (Å²) in [4.78, 5) is 25.1. The molecular weight excluding hydrogens is 380 g/mol. The van der Waals surface area contributed by atoms with Gasteiger partial charge in [0.25, 0.3) is 11.8 Å². The third-order valence-corrected chi connectivity index (χ3v) is 5.01. The molecule has 160 valence electrons. The predicted molar refractivity (Wildman–Crippen MR) is 117 cm³/mol. The van der Waals surface area contributed by atoms with Crippen molar-refractivity contribution in [1.82, 2.24) is 5.32 Å². The second kappa shape index (κ2) is 9.76. The number of ether oxygens (including phenoxy) is 2. The van der Waals surface area contributed by atoms with E-state index in [4.69, 9.17) is 9.47 Å². The fraction of sp³-hybridized carbons (Fsp3) is 0.417. The summed E-state index contributed by atoms with van der Waals surface area (Å²) in [5.41, 5.74) is 1.81. The van der Waals surface area contributed by atoms with Crippen LogP contribution in [-0.4, -0.2) is 37.7 Å². The third-order valence-electron chi connectivity index (χ3n) is 5.01. The van der Waals surface area contributed by atoms with Gasteiger partial charge in [-0.2, -0.15) is 0 Å². The van der Waals surface area contributed by atoms with Crippen LogP contribution in [0.3, 0.4) is 0 Å². The summed E-state index contributed by atoms with van der Waals surface area (Å²) in [6.45, 7) is 7.36. The van der Waals surface area contributed by atoms with Crippen molar-refractivity contribution in [3.63, 3.8) is 0 Å². The van der Waals surface area contributed by atoms with Gasteiger partial charge in [0, 0.05) is 13.2 Å². The standard InChI is InChI=1S/C24H30N2O4/c1-24(2,3)19-11-5-7-13-21(19)30-16-22(27)26-20-12-6-4-10-18(20)23(28)25-15-17-9-8-14-29-17/h4-7,10-13,17H,8-9,14-16H2,1-3H3,(H,25,28)(H,26,27)/t17-/m0/s1. The first-order chi connectivity index (χ1) is 14.3. The molecule has 1 saturated heterocycles. The zero-order chi connectivity index (χ0) is 21.6. The molecule has 1 aliphatic rings. The largest absolute Gasteiger partial charge is 0.483 e. The van der Waals surface area contributed by atoms with Crippen molar-refractivity contribution < 1.29 is 19.1 Å². The van der Waals surface area contributed by atoms with Crippen LogP contribution in [-0.2, 0) is 14.9 Å². The second-order valence-corrected chi connectivity index (χ2v) is 8.47. The lowest BCUT2D eigenvalue weighted by atomic mass is 9.86. The van der Waals surface area contributed by atoms with Crippen molar-refractivity contribution in [2.45, 2.75) is 45.1 Å². The first-order valence-corrected chi connectivity index (χ1v) is 10.4. The summed E-state index contributed by atoms with van der Waals surface area (Å²) >= 11 is 0. The molecule has 0 saturated carbocycles. The minimum absolute atomic E-state index is 0.0620. The van der Waals surface area contributed by atoms with E-state index in [-0.39, 0.29) is 29.9 Å². The Morgan fingerprint density at radius 2 is 1.83 bits per heavy atom. The van der Waals surface area contributed by atoms with E-state index in [0.29, 0.717) is 23.5 Å². The molecule has 30 heavy (non-hydrogen) atoms. The molecule has 1 heterocycles. The fourth-order valence-electron chi connectivity index (χ4n) is 3.44. The molecule has 0 aromatic heterocycles. The van der Waals surface area contributed by atoms with Gasteiger partial charge in [-0.1, -0.05) is 51.1 Å². The molecule has 0 aliphatic carbocycles. The minimum Gasteiger partial charge on any atom is -0.483 e. The van der Waals surface area contributed by atoms with E-state index >= 15 is 0 Å². The normalized spacial score (nSPS) is 16.2. The number of benzene rings is 2. The molecule has 1 atom stereocenters. The monoisotopic (exact) mass is 410 g/mol. The van der Waals surface area contributed by atoms with Gasteiger partial charge in [-0.25, -0.2) is 0 Å². The Labute approximate surface area is 178 Å². The van der Waals surface area contributed by atoms with Crippen LogP contribution in [0.5, 0.6) is 5.75 Å². The van der Waals surface area contributed by atoms with Crippen LogP contribution < -0.4 is 15.4 Å². The number of amides is 2. The molecule has 0 bridgehead atoms. The summed E-state index contributed by atoms with van der Waals surface area (Å²) in [6, 6.07) is 14.7. The maximum atomic E-state index is 12.6. The van der Waals surface area contributed by atoms with E-state index in [1.807, 2.05) is 24.3 Å². The van der Waals surface area contributed by atoms with Crippen LogP contribution in [0.1, 0.15) is 49.5 Å². The first kappa shape index (κ1) is 21.8. The van der Waals surface area contributed by atoms with Gasteiger partial charge in [0.05, 0.1) is 17.4 Å². The molecule has 1 fully saturated rings. The minimum atomic E-state index is -0.321. The van der Waals surface area contributed by atoms with Crippen molar-refractivity contribution in [3.8, 4) is 5.75 Å². The quantitative estimate of drug-likeness (QED) is 0.726. The van der Waals surface area contributed by atoms with Gasteiger partial charge in [0.2, 0.25) is 0 Å². The highest BCUT2D eigenvalue weighted by molar-refractivity contribution is 6.04. The van der Waals surface area contributed by atoms with E-state index < -0.39 is 0 Å². The average molecular weight is 411 g/mol.